The van der Waals surface area contributed by atoms with Crippen molar-refractivity contribution in [1.29, 1.82) is 0 Å². The molecule has 0 atom stereocenters. The minimum Gasteiger partial charge on any atom is -0.326 e. The van der Waals surface area contributed by atoms with Gasteiger partial charge in [-0.05, 0) is 36.4 Å². The van der Waals surface area contributed by atoms with Crippen molar-refractivity contribution < 1.29 is 21.6 Å². The monoisotopic (exact) mass is 397 g/mol. The summed E-state index contributed by atoms with van der Waals surface area (Å²) in [6.45, 7) is 1.35. The van der Waals surface area contributed by atoms with Crippen molar-refractivity contribution in [2.45, 2.75) is 11.8 Å². The number of anilines is 3. The minimum absolute atomic E-state index is 0.0246. The SMILES string of the molecule is CC(=O)Nc1ccc(S(=O)(=O)Nc2ccccc2N(C)S(C)(=O)=O)cc1. The summed E-state index contributed by atoms with van der Waals surface area (Å²) in [6.07, 6.45) is 1.03. The summed E-state index contributed by atoms with van der Waals surface area (Å²) in [5, 5.41) is 2.55. The molecular weight excluding hydrogens is 378 g/mol. The normalized spacial score (nSPS) is 11.7. The molecule has 1 amide bonds. The maximum absolute atomic E-state index is 12.6. The van der Waals surface area contributed by atoms with Crippen molar-refractivity contribution in [1.82, 2.24) is 0 Å². The summed E-state index contributed by atoms with van der Waals surface area (Å²) in [5.41, 5.74) is 0.800. The number of hydrogen-bond acceptors (Lipinski definition) is 5. The maximum Gasteiger partial charge on any atom is 0.261 e. The van der Waals surface area contributed by atoms with E-state index >= 15 is 0 Å². The van der Waals surface area contributed by atoms with Crippen LogP contribution in [0.1, 0.15) is 6.92 Å². The Bertz CT molecular complexity index is 1020. The van der Waals surface area contributed by atoms with E-state index in [0.29, 0.717) is 5.69 Å². The van der Waals surface area contributed by atoms with Crippen molar-refractivity contribution in [2.75, 3.05) is 27.6 Å². The Morgan fingerprint density at radius 3 is 2.08 bits per heavy atom. The van der Waals surface area contributed by atoms with Crippen molar-refractivity contribution in [3.8, 4) is 0 Å². The molecule has 0 saturated carbocycles. The number of benzene rings is 2. The summed E-state index contributed by atoms with van der Waals surface area (Å²) in [7, 11) is -6.16. The van der Waals surface area contributed by atoms with Crippen LogP contribution in [0.15, 0.2) is 53.4 Å². The Morgan fingerprint density at radius 2 is 1.54 bits per heavy atom. The highest BCUT2D eigenvalue weighted by molar-refractivity contribution is 7.93. The van der Waals surface area contributed by atoms with Crippen LogP contribution in [-0.4, -0.2) is 36.0 Å². The smallest absolute Gasteiger partial charge is 0.261 e. The zero-order chi connectivity index (χ0) is 19.5. The Labute approximate surface area is 152 Å². The molecule has 26 heavy (non-hydrogen) atoms. The third-order valence-corrected chi connectivity index (χ3v) is 6.04. The van der Waals surface area contributed by atoms with Crippen molar-refractivity contribution >= 4 is 43.0 Å². The molecular formula is C16H19N3O5S2. The van der Waals surface area contributed by atoms with Crippen molar-refractivity contribution in [2.24, 2.45) is 0 Å². The van der Waals surface area contributed by atoms with Crippen LogP contribution in [0.2, 0.25) is 0 Å². The molecule has 10 heteroatoms. The van der Waals surface area contributed by atoms with Gasteiger partial charge in [0, 0.05) is 19.7 Å². The number of para-hydroxylation sites is 2. The molecule has 0 fully saturated rings. The lowest BCUT2D eigenvalue weighted by Crippen LogP contribution is -2.26. The average Bonchev–Trinajstić information content (AvgIpc) is 2.53. The first kappa shape index (κ1) is 19.7. The maximum atomic E-state index is 12.6. The van der Waals surface area contributed by atoms with Crippen LogP contribution in [0, 0.1) is 0 Å². The lowest BCUT2D eigenvalue weighted by Gasteiger charge is -2.20. The lowest BCUT2D eigenvalue weighted by molar-refractivity contribution is -0.114. The molecule has 2 aromatic rings. The number of sulfonamides is 2. The highest BCUT2D eigenvalue weighted by Crippen LogP contribution is 2.28. The first-order valence-electron chi connectivity index (χ1n) is 7.44. The van der Waals surface area contributed by atoms with Crippen LogP contribution in [0.5, 0.6) is 0 Å². The second-order valence-corrected chi connectivity index (χ2v) is 9.25. The molecule has 0 aliphatic rings. The zero-order valence-corrected chi connectivity index (χ0v) is 16.1. The largest absolute Gasteiger partial charge is 0.326 e. The van der Waals surface area contributed by atoms with E-state index < -0.39 is 20.0 Å². The van der Waals surface area contributed by atoms with Crippen LogP contribution >= 0.6 is 0 Å². The topological polar surface area (TPSA) is 113 Å². The Kier molecular flexibility index (Phi) is 5.57. The van der Waals surface area contributed by atoms with E-state index in [1.54, 1.807) is 12.1 Å². The molecule has 2 N–H and O–H groups in total. The molecule has 140 valence electrons. The summed E-state index contributed by atoms with van der Waals surface area (Å²) in [6, 6.07) is 11.8. The lowest BCUT2D eigenvalue weighted by atomic mass is 10.3. The number of amides is 1. The fraction of sp³-hybridized carbons (Fsp3) is 0.188. The first-order valence-corrected chi connectivity index (χ1v) is 10.8. The number of hydrogen-bond donors (Lipinski definition) is 2. The van der Waals surface area contributed by atoms with Gasteiger partial charge in [-0.25, -0.2) is 16.8 Å². The number of nitrogens with one attached hydrogen (secondary N) is 2. The van der Waals surface area contributed by atoms with Gasteiger partial charge in [0.1, 0.15) is 0 Å². The molecule has 2 rings (SSSR count). The Hall–Kier alpha value is -2.59. The molecule has 2 aromatic carbocycles. The van der Waals surface area contributed by atoms with E-state index in [0.717, 1.165) is 10.6 Å². The number of carbonyl (C=O) groups excluding carboxylic acids is 1. The summed E-state index contributed by atoms with van der Waals surface area (Å²) in [5.74, 6) is -0.267. The van der Waals surface area contributed by atoms with Gasteiger partial charge in [-0.1, -0.05) is 12.1 Å². The minimum atomic E-state index is -3.94. The van der Waals surface area contributed by atoms with Gasteiger partial charge in [-0.15, -0.1) is 0 Å². The number of nitrogens with zero attached hydrogens (tertiary/aromatic N) is 1. The van der Waals surface area contributed by atoms with Crippen LogP contribution in [0.3, 0.4) is 0 Å². The van der Waals surface area contributed by atoms with E-state index in [2.05, 4.69) is 10.0 Å². The van der Waals surface area contributed by atoms with E-state index in [1.807, 2.05) is 0 Å². The zero-order valence-electron chi connectivity index (χ0n) is 14.4. The molecule has 0 saturated heterocycles. The van der Waals surface area contributed by atoms with E-state index in [4.69, 9.17) is 0 Å². The quantitative estimate of drug-likeness (QED) is 0.772. The summed E-state index contributed by atoms with van der Waals surface area (Å²) in [4.78, 5) is 11.0. The van der Waals surface area contributed by atoms with Gasteiger partial charge in [-0.2, -0.15) is 0 Å². The third-order valence-electron chi connectivity index (χ3n) is 3.47. The standard InChI is InChI=1S/C16H19N3O5S2/c1-12(20)17-13-8-10-14(11-9-13)26(23,24)18-15-6-4-5-7-16(15)19(2)25(3,21)22/h4-11,18H,1-3H3,(H,17,20). The number of rotatable bonds is 6. The van der Waals surface area contributed by atoms with Gasteiger partial charge in [0.15, 0.2) is 0 Å². The van der Waals surface area contributed by atoms with Crippen LogP contribution < -0.4 is 14.3 Å². The van der Waals surface area contributed by atoms with E-state index in [-0.39, 0.29) is 22.2 Å². The second kappa shape index (κ2) is 7.34. The Morgan fingerprint density at radius 1 is 0.962 bits per heavy atom. The Balaban J connectivity index is 2.34. The molecule has 8 nitrogen and oxygen atoms in total. The van der Waals surface area contributed by atoms with Crippen molar-refractivity contribution in [3.05, 3.63) is 48.5 Å². The average molecular weight is 397 g/mol. The highest BCUT2D eigenvalue weighted by Gasteiger charge is 2.20. The molecule has 0 spiro atoms. The van der Waals surface area contributed by atoms with E-state index in [1.165, 1.54) is 50.4 Å². The molecule has 0 radical (unpaired) electrons. The first-order chi connectivity index (χ1) is 12.0. The van der Waals surface area contributed by atoms with Gasteiger partial charge in [-0.3, -0.25) is 13.8 Å². The van der Waals surface area contributed by atoms with Gasteiger partial charge in [0.2, 0.25) is 15.9 Å². The van der Waals surface area contributed by atoms with Gasteiger partial charge in [0.25, 0.3) is 10.0 Å². The molecule has 0 aromatic heterocycles. The second-order valence-electron chi connectivity index (χ2n) is 5.56. The van der Waals surface area contributed by atoms with E-state index in [9.17, 15) is 21.6 Å². The predicted molar refractivity (Wildman–Crippen MR) is 101 cm³/mol. The van der Waals surface area contributed by atoms with Crippen molar-refractivity contribution in [3.63, 3.8) is 0 Å². The predicted octanol–water partition coefficient (Wildman–Crippen LogP) is 1.84. The molecule has 0 heterocycles. The fourth-order valence-corrected chi connectivity index (χ4v) is 3.73. The molecule has 0 unspecified atom stereocenters. The summed E-state index contributed by atoms with van der Waals surface area (Å²) < 4.78 is 52.1. The highest BCUT2D eigenvalue weighted by atomic mass is 32.2. The van der Waals surface area contributed by atoms with Gasteiger partial charge in [0.05, 0.1) is 22.5 Å². The van der Waals surface area contributed by atoms with Gasteiger partial charge < -0.3 is 5.32 Å². The number of carbonyl (C=O) groups is 1. The molecule has 0 bridgehead atoms. The van der Waals surface area contributed by atoms with Crippen LogP contribution in [0.4, 0.5) is 17.1 Å². The molecule has 0 aliphatic heterocycles. The van der Waals surface area contributed by atoms with Gasteiger partial charge >= 0.3 is 0 Å². The fourth-order valence-electron chi connectivity index (χ4n) is 2.14. The molecule has 0 aliphatic carbocycles. The third kappa shape index (κ3) is 4.73. The summed E-state index contributed by atoms with van der Waals surface area (Å²) >= 11 is 0. The van der Waals surface area contributed by atoms with Crippen LogP contribution in [0.25, 0.3) is 0 Å². The van der Waals surface area contributed by atoms with Crippen LogP contribution in [-0.2, 0) is 24.8 Å².